The molecule has 31 heavy (non-hydrogen) atoms. The molecule has 3 heterocycles. The zero-order valence-electron chi connectivity index (χ0n) is 16.4. The number of nitrogens with one attached hydrogen (secondary N) is 1. The van der Waals surface area contributed by atoms with E-state index in [9.17, 15) is 14.7 Å². The largest absolute Gasteiger partial charge is 0.377 e. The number of hydrogen-bond donors (Lipinski definition) is 2. The van der Waals surface area contributed by atoms with Crippen molar-refractivity contribution in [2.45, 2.75) is 37.3 Å². The van der Waals surface area contributed by atoms with Crippen molar-refractivity contribution in [2.75, 3.05) is 6.54 Å². The van der Waals surface area contributed by atoms with E-state index in [2.05, 4.69) is 9.97 Å². The summed E-state index contributed by atoms with van der Waals surface area (Å²) in [5.74, 6) is -0.142. The zero-order valence-corrected chi connectivity index (χ0v) is 17.9. The summed E-state index contributed by atoms with van der Waals surface area (Å²) in [6, 6.07) is 6.40. The normalized spacial score (nSPS) is 18.3. The van der Waals surface area contributed by atoms with Gasteiger partial charge in [-0.15, -0.1) is 16.4 Å². The Balaban J connectivity index is 1.32. The van der Waals surface area contributed by atoms with Gasteiger partial charge in [0.25, 0.3) is 5.56 Å². The van der Waals surface area contributed by atoms with Crippen molar-refractivity contribution >= 4 is 28.9 Å². The fourth-order valence-corrected chi connectivity index (χ4v) is 4.95. The van der Waals surface area contributed by atoms with Crippen molar-refractivity contribution in [1.82, 2.24) is 20.0 Å². The third kappa shape index (κ3) is 3.78. The number of thiazole rings is 1. The first kappa shape index (κ1) is 20.3. The number of halogens is 1. The molecule has 3 aromatic rings. The van der Waals surface area contributed by atoms with Crippen molar-refractivity contribution in [3.05, 3.63) is 78.9 Å². The molecule has 2 aliphatic rings. The first-order valence-electron chi connectivity index (χ1n) is 9.88. The highest BCUT2D eigenvalue weighted by atomic mass is 35.5. The second-order valence-corrected chi connectivity index (χ2v) is 9.09. The van der Waals surface area contributed by atoms with Gasteiger partial charge in [-0.3, -0.25) is 9.78 Å². The number of aromatic amines is 1. The van der Waals surface area contributed by atoms with Crippen LogP contribution >= 0.6 is 22.9 Å². The molecule has 1 aliphatic heterocycles. The Bertz CT molecular complexity index is 1190. The van der Waals surface area contributed by atoms with Crippen LogP contribution in [0.3, 0.4) is 0 Å². The summed E-state index contributed by atoms with van der Waals surface area (Å²) < 4.78 is 0. The molecule has 1 aliphatic carbocycles. The van der Waals surface area contributed by atoms with Gasteiger partial charge in [0, 0.05) is 29.1 Å². The summed E-state index contributed by atoms with van der Waals surface area (Å²) in [7, 11) is 0. The van der Waals surface area contributed by atoms with Crippen molar-refractivity contribution in [1.29, 1.82) is 0 Å². The Morgan fingerprint density at radius 3 is 2.94 bits per heavy atom. The summed E-state index contributed by atoms with van der Waals surface area (Å²) in [6.07, 6.45) is 2.70. The monoisotopic (exact) mass is 458 g/mol. The van der Waals surface area contributed by atoms with Gasteiger partial charge in [0.15, 0.2) is 6.10 Å². The predicted molar refractivity (Wildman–Crippen MR) is 114 cm³/mol. The summed E-state index contributed by atoms with van der Waals surface area (Å²) in [4.78, 5) is 43.5. The molecule has 5 rings (SSSR count). The Morgan fingerprint density at radius 1 is 1.39 bits per heavy atom. The maximum absolute atomic E-state index is 12.8. The molecule has 10 heteroatoms. The predicted octanol–water partition coefficient (Wildman–Crippen LogP) is 2.51. The van der Waals surface area contributed by atoms with E-state index in [1.54, 1.807) is 35.0 Å². The van der Waals surface area contributed by atoms with E-state index in [0.717, 1.165) is 23.4 Å². The van der Waals surface area contributed by atoms with Crippen LogP contribution in [-0.4, -0.2) is 37.6 Å². The van der Waals surface area contributed by atoms with E-state index in [0.29, 0.717) is 34.9 Å². The summed E-state index contributed by atoms with van der Waals surface area (Å²) >= 11 is 7.49. The molecule has 160 valence electrons. The molecule has 0 bridgehead atoms. The van der Waals surface area contributed by atoms with Crippen molar-refractivity contribution in [3.8, 4) is 0 Å². The van der Waals surface area contributed by atoms with E-state index in [1.165, 1.54) is 11.1 Å². The van der Waals surface area contributed by atoms with Crippen LogP contribution in [0.2, 0.25) is 5.02 Å². The lowest BCUT2D eigenvalue weighted by Crippen LogP contribution is -2.39. The van der Waals surface area contributed by atoms with Gasteiger partial charge in [0.2, 0.25) is 0 Å². The van der Waals surface area contributed by atoms with Crippen LogP contribution in [0.4, 0.5) is 0 Å². The quantitative estimate of drug-likeness (QED) is 0.604. The SMILES string of the molecule is O=C(ON1CCc2nc(C3(c4cncs4)CC3)[nH]c(=O)c2C1)[C@H](O)c1cccc(Cl)c1. The Labute approximate surface area is 186 Å². The Morgan fingerprint density at radius 2 is 2.23 bits per heavy atom. The summed E-state index contributed by atoms with van der Waals surface area (Å²) in [6.45, 7) is 0.490. The van der Waals surface area contributed by atoms with Gasteiger partial charge in [-0.05, 0) is 30.5 Å². The molecule has 2 N–H and O–H groups in total. The molecule has 0 spiro atoms. The van der Waals surface area contributed by atoms with Gasteiger partial charge in [0.05, 0.1) is 28.7 Å². The van der Waals surface area contributed by atoms with Gasteiger partial charge in [-0.2, -0.15) is 0 Å². The number of H-pyrrole nitrogens is 1. The number of carbonyl (C=O) groups is 1. The molecule has 0 radical (unpaired) electrons. The van der Waals surface area contributed by atoms with Gasteiger partial charge in [-0.25, -0.2) is 9.78 Å². The number of aliphatic hydroxyl groups excluding tert-OH is 1. The Kier molecular flexibility index (Phi) is 5.13. The van der Waals surface area contributed by atoms with E-state index >= 15 is 0 Å². The summed E-state index contributed by atoms with van der Waals surface area (Å²) in [5, 5.41) is 12.1. The maximum Gasteiger partial charge on any atom is 0.358 e. The number of aromatic nitrogens is 3. The highest BCUT2D eigenvalue weighted by Gasteiger charge is 2.50. The van der Waals surface area contributed by atoms with Crippen molar-refractivity contribution in [3.63, 3.8) is 0 Å². The highest BCUT2D eigenvalue weighted by molar-refractivity contribution is 7.09. The molecular weight excluding hydrogens is 440 g/mol. The standard InChI is InChI=1S/C21H19ClN4O4S/c22-13-3-1-2-12(8-13)17(27)19(29)30-26-7-4-15-14(10-26)18(28)25-20(24-15)21(5-6-21)16-9-23-11-31-16/h1-3,8-9,11,17,27H,4-7,10H2,(H,24,25,28)/t17-/m1/s1. The number of benzene rings is 1. The fraction of sp³-hybridized carbons (Fsp3) is 0.333. The molecule has 1 saturated carbocycles. The second kappa shape index (κ2) is 7.83. The number of hydrogen-bond acceptors (Lipinski definition) is 8. The van der Waals surface area contributed by atoms with Crippen LogP contribution in [0.15, 0.2) is 40.8 Å². The van der Waals surface area contributed by atoms with Gasteiger partial charge >= 0.3 is 5.97 Å². The third-order valence-corrected chi connectivity index (χ3v) is 6.96. The molecule has 0 unspecified atom stereocenters. The number of rotatable bonds is 5. The zero-order chi connectivity index (χ0) is 21.6. The van der Waals surface area contributed by atoms with Crippen LogP contribution in [-0.2, 0) is 28.0 Å². The number of hydroxylamine groups is 2. The summed E-state index contributed by atoms with van der Waals surface area (Å²) in [5.41, 5.74) is 2.86. The molecule has 1 fully saturated rings. The van der Waals surface area contributed by atoms with E-state index in [-0.39, 0.29) is 17.5 Å². The minimum atomic E-state index is -1.46. The number of carbonyl (C=O) groups excluding carboxylic acids is 1. The fourth-order valence-electron chi connectivity index (χ4n) is 3.87. The lowest BCUT2D eigenvalue weighted by molar-refractivity contribution is -0.205. The molecule has 8 nitrogen and oxygen atoms in total. The molecule has 1 atom stereocenters. The molecular formula is C21H19ClN4O4S. The first-order valence-corrected chi connectivity index (χ1v) is 11.1. The van der Waals surface area contributed by atoms with Crippen molar-refractivity contribution < 1.29 is 14.7 Å². The Hall–Kier alpha value is -2.59. The van der Waals surface area contributed by atoms with Gasteiger partial charge < -0.3 is 14.9 Å². The minimum absolute atomic E-state index is 0.111. The lowest BCUT2D eigenvalue weighted by atomic mass is 10.0. The topological polar surface area (TPSA) is 108 Å². The number of nitrogens with zero attached hydrogens (tertiary/aromatic N) is 3. The molecule has 0 saturated heterocycles. The molecule has 0 amide bonds. The molecule has 1 aromatic carbocycles. The van der Waals surface area contributed by atoms with Crippen LogP contribution in [0.25, 0.3) is 0 Å². The van der Waals surface area contributed by atoms with E-state index in [1.807, 2.05) is 6.20 Å². The smallest absolute Gasteiger partial charge is 0.358 e. The van der Waals surface area contributed by atoms with Crippen LogP contribution in [0.5, 0.6) is 0 Å². The van der Waals surface area contributed by atoms with Crippen LogP contribution < -0.4 is 5.56 Å². The highest BCUT2D eigenvalue weighted by Crippen LogP contribution is 2.53. The van der Waals surface area contributed by atoms with Gasteiger partial charge in [-0.1, -0.05) is 23.7 Å². The van der Waals surface area contributed by atoms with Crippen LogP contribution in [0.1, 0.15) is 46.5 Å². The minimum Gasteiger partial charge on any atom is -0.377 e. The second-order valence-electron chi connectivity index (χ2n) is 7.77. The van der Waals surface area contributed by atoms with Crippen molar-refractivity contribution in [2.24, 2.45) is 0 Å². The average molecular weight is 459 g/mol. The average Bonchev–Trinajstić information content (AvgIpc) is 3.39. The lowest BCUT2D eigenvalue weighted by Gasteiger charge is -2.27. The van der Waals surface area contributed by atoms with Gasteiger partial charge in [0.1, 0.15) is 5.82 Å². The first-order chi connectivity index (χ1) is 15.0. The number of aliphatic hydroxyl groups is 1. The third-order valence-electron chi connectivity index (χ3n) is 5.75. The van der Waals surface area contributed by atoms with E-state index < -0.39 is 12.1 Å². The molecule has 2 aromatic heterocycles. The maximum atomic E-state index is 12.8. The number of fused-ring (bicyclic) bond motifs is 1. The van der Waals surface area contributed by atoms with E-state index in [4.69, 9.17) is 21.4 Å². The van der Waals surface area contributed by atoms with Crippen LogP contribution in [0, 0.1) is 0 Å².